The molecule has 0 saturated carbocycles. The van der Waals surface area contributed by atoms with Crippen molar-refractivity contribution in [2.75, 3.05) is 0 Å². The number of nitrogens with zero attached hydrogens (tertiary/aromatic N) is 2. The van der Waals surface area contributed by atoms with Crippen molar-refractivity contribution >= 4 is 43.4 Å². The normalized spacial score (nSPS) is 11.5. The Bertz CT molecular complexity index is 2200. The standard InChI is InChI=1S/C38H24N2/c1-2-8-26(9-3-1)35-22-20-28-18-19-29-21-23-36(40-38(29)37(28)39-35)27-16-14-25(15-17-27)34-24-30-10-4-5-11-31(30)32-12-6-7-13-33(32)34/h1-24H. The fraction of sp³-hybridized carbons (Fsp3) is 0. The van der Waals surface area contributed by atoms with Crippen LogP contribution in [0.5, 0.6) is 0 Å². The van der Waals surface area contributed by atoms with Crippen molar-refractivity contribution in [3.05, 3.63) is 146 Å². The van der Waals surface area contributed by atoms with Crippen LogP contribution in [-0.4, -0.2) is 9.97 Å². The summed E-state index contributed by atoms with van der Waals surface area (Å²) in [5.74, 6) is 0. The first-order chi connectivity index (χ1) is 19.8. The Morgan fingerprint density at radius 2 is 0.825 bits per heavy atom. The molecule has 2 heterocycles. The van der Waals surface area contributed by atoms with Crippen molar-refractivity contribution in [2.24, 2.45) is 0 Å². The molecule has 2 aromatic heterocycles. The van der Waals surface area contributed by atoms with E-state index >= 15 is 0 Å². The van der Waals surface area contributed by atoms with Gasteiger partial charge in [0.25, 0.3) is 0 Å². The van der Waals surface area contributed by atoms with Crippen LogP contribution in [0.2, 0.25) is 0 Å². The highest BCUT2D eigenvalue weighted by molar-refractivity contribution is 6.13. The largest absolute Gasteiger partial charge is 0.245 e. The molecule has 0 amide bonds. The van der Waals surface area contributed by atoms with Crippen LogP contribution in [0, 0.1) is 0 Å². The van der Waals surface area contributed by atoms with Crippen molar-refractivity contribution in [3.63, 3.8) is 0 Å². The van der Waals surface area contributed by atoms with Gasteiger partial charge in [-0.15, -0.1) is 0 Å². The molecule has 8 rings (SSSR count). The number of pyridine rings is 2. The molecule has 186 valence electrons. The maximum Gasteiger partial charge on any atom is 0.0972 e. The summed E-state index contributed by atoms with van der Waals surface area (Å²) in [6.45, 7) is 0. The summed E-state index contributed by atoms with van der Waals surface area (Å²) in [6.07, 6.45) is 0. The summed E-state index contributed by atoms with van der Waals surface area (Å²) < 4.78 is 0. The Kier molecular flexibility index (Phi) is 5.17. The van der Waals surface area contributed by atoms with E-state index in [1.807, 2.05) is 18.2 Å². The van der Waals surface area contributed by atoms with Gasteiger partial charge in [0, 0.05) is 21.9 Å². The van der Waals surface area contributed by atoms with Gasteiger partial charge >= 0.3 is 0 Å². The molecule has 0 radical (unpaired) electrons. The van der Waals surface area contributed by atoms with E-state index in [9.17, 15) is 0 Å². The van der Waals surface area contributed by atoms with Gasteiger partial charge in [0.1, 0.15) is 0 Å². The second-order valence-corrected chi connectivity index (χ2v) is 10.2. The quantitative estimate of drug-likeness (QED) is 0.222. The minimum atomic E-state index is 0.928. The van der Waals surface area contributed by atoms with Crippen LogP contribution >= 0.6 is 0 Å². The van der Waals surface area contributed by atoms with Crippen molar-refractivity contribution in [3.8, 4) is 33.6 Å². The molecule has 6 aromatic carbocycles. The zero-order valence-electron chi connectivity index (χ0n) is 21.8. The molecule has 40 heavy (non-hydrogen) atoms. The van der Waals surface area contributed by atoms with Gasteiger partial charge in [0.2, 0.25) is 0 Å². The molecule has 0 aliphatic carbocycles. The van der Waals surface area contributed by atoms with Crippen LogP contribution in [0.15, 0.2) is 146 Å². The van der Waals surface area contributed by atoms with Crippen molar-refractivity contribution in [1.82, 2.24) is 9.97 Å². The smallest absolute Gasteiger partial charge is 0.0972 e. The maximum absolute atomic E-state index is 5.14. The Morgan fingerprint density at radius 3 is 1.50 bits per heavy atom. The Morgan fingerprint density at radius 1 is 0.325 bits per heavy atom. The minimum absolute atomic E-state index is 0.928. The molecule has 2 nitrogen and oxygen atoms in total. The minimum Gasteiger partial charge on any atom is -0.245 e. The highest BCUT2D eigenvalue weighted by atomic mass is 14.8. The fourth-order valence-electron chi connectivity index (χ4n) is 5.81. The van der Waals surface area contributed by atoms with Gasteiger partial charge in [-0.3, -0.25) is 0 Å². The maximum atomic E-state index is 5.14. The lowest BCUT2D eigenvalue weighted by Crippen LogP contribution is -1.91. The number of fused-ring (bicyclic) bond motifs is 6. The molecule has 0 fully saturated rings. The number of rotatable bonds is 3. The molecule has 2 heteroatoms. The third-order valence-electron chi connectivity index (χ3n) is 7.85. The molecule has 0 aliphatic rings. The van der Waals surface area contributed by atoms with Gasteiger partial charge in [-0.05, 0) is 50.9 Å². The van der Waals surface area contributed by atoms with E-state index in [1.54, 1.807) is 0 Å². The predicted octanol–water partition coefficient (Wildman–Crippen LogP) is 10.1. The van der Waals surface area contributed by atoms with Gasteiger partial charge in [0.05, 0.1) is 22.4 Å². The van der Waals surface area contributed by atoms with Crippen LogP contribution in [0.4, 0.5) is 0 Å². The molecule has 0 unspecified atom stereocenters. The van der Waals surface area contributed by atoms with E-state index in [0.29, 0.717) is 0 Å². The average molecular weight is 509 g/mol. The molecule has 0 spiro atoms. The lowest BCUT2D eigenvalue weighted by Gasteiger charge is -2.12. The summed E-state index contributed by atoms with van der Waals surface area (Å²) in [5.41, 5.74) is 8.40. The van der Waals surface area contributed by atoms with E-state index < -0.39 is 0 Å². The average Bonchev–Trinajstić information content (AvgIpc) is 3.04. The SMILES string of the molecule is c1ccc(-c2ccc3ccc4ccc(-c5ccc(-c6cc7ccccc7c7ccccc67)cc5)nc4c3n2)cc1. The first kappa shape index (κ1) is 22.6. The van der Waals surface area contributed by atoms with E-state index in [4.69, 9.17) is 9.97 Å². The Labute approximate surface area is 232 Å². The predicted molar refractivity (Wildman–Crippen MR) is 168 cm³/mol. The van der Waals surface area contributed by atoms with Crippen LogP contribution in [-0.2, 0) is 0 Å². The third-order valence-corrected chi connectivity index (χ3v) is 7.85. The summed E-state index contributed by atoms with van der Waals surface area (Å²) in [4.78, 5) is 10.2. The molecular formula is C38H24N2. The highest BCUT2D eigenvalue weighted by Gasteiger charge is 2.11. The molecular weight excluding hydrogens is 484 g/mol. The number of benzene rings is 6. The number of aromatic nitrogens is 2. The third kappa shape index (κ3) is 3.73. The van der Waals surface area contributed by atoms with E-state index in [1.165, 1.54) is 32.7 Å². The van der Waals surface area contributed by atoms with Crippen molar-refractivity contribution < 1.29 is 0 Å². The molecule has 0 N–H and O–H groups in total. The van der Waals surface area contributed by atoms with Crippen LogP contribution in [0.3, 0.4) is 0 Å². The first-order valence-corrected chi connectivity index (χ1v) is 13.6. The number of hydrogen-bond donors (Lipinski definition) is 0. The second-order valence-electron chi connectivity index (χ2n) is 10.2. The molecule has 0 atom stereocenters. The summed E-state index contributed by atoms with van der Waals surface area (Å²) in [6, 6.07) is 51.5. The highest BCUT2D eigenvalue weighted by Crippen LogP contribution is 2.36. The molecule has 0 bridgehead atoms. The zero-order chi connectivity index (χ0) is 26.5. The zero-order valence-corrected chi connectivity index (χ0v) is 21.8. The van der Waals surface area contributed by atoms with Gasteiger partial charge in [-0.25, -0.2) is 9.97 Å². The topological polar surface area (TPSA) is 25.8 Å². The lowest BCUT2D eigenvalue weighted by molar-refractivity contribution is 1.36. The van der Waals surface area contributed by atoms with Crippen molar-refractivity contribution in [2.45, 2.75) is 0 Å². The summed E-state index contributed by atoms with van der Waals surface area (Å²) in [5, 5.41) is 7.28. The molecule has 8 aromatic rings. The van der Waals surface area contributed by atoms with Crippen LogP contribution in [0.1, 0.15) is 0 Å². The van der Waals surface area contributed by atoms with E-state index in [2.05, 4.69) is 127 Å². The second kappa shape index (κ2) is 9.14. The van der Waals surface area contributed by atoms with Gasteiger partial charge in [-0.2, -0.15) is 0 Å². The molecule has 0 aliphatic heterocycles. The van der Waals surface area contributed by atoms with Crippen molar-refractivity contribution in [1.29, 1.82) is 0 Å². The van der Waals surface area contributed by atoms with Gasteiger partial charge in [0.15, 0.2) is 0 Å². The summed E-state index contributed by atoms with van der Waals surface area (Å²) in [7, 11) is 0. The Hall–Kier alpha value is -5.34. The Balaban J connectivity index is 1.24. The van der Waals surface area contributed by atoms with Gasteiger partial charge in [-0.1, -0.05) is 127 Å². The lowest BCUT2D eigenvalue weighted by atomic mass is 9.93. The monoisotopic (exact) mass is 508 g/mol. The summed E-state index contributed by atoms with van der Waals surface area (Å²) >= 11 is 0. The first-order valence-electron chi connectivity index (χ1n) is 13.6. The fourth-order valence-corrected chi connectivity index (χ4v) is 5.81. The number of hydrogen-bond acceptors (Lipinski definition) is 2. The van der Waals surface area contributed by atoms with Gasteiger partial charge < -0.3 is 0 Å². The van der Waals surface area contributed by atoms with Crippen LogP contribution < -0.4 is 0 Å². The van der Waals surface area contributed by atoms with E-state index in [0.717, 1.165) is 44.3 Å². The molecule has 0 saturated heterocycles. The van der Waals surface area contributed by atoms with E-state index in [-0.39, 0.29) is 0 Å². The van der Waals surface area contributed by atoms with Crippen LogP contribution in [0.25, 0.3) is 77.0 Å².